The standard InChI is InChI=1S/C11H13N3S2/c1-7-13-9(5-15-7)10-6-16-11(14-10)8-3-2-4-12-8/h5-6,8,12H,2-4H2,1H3. The predicted molar refractivity (Wildman–Crippen MR) is 67.9 cm³/mol. The van der Waals surface area contributed by atoms with Crippen molar-refractivity contribution >= 4 is 22.7 Å². The lowest BCUT2D eigenvalue weighted by atomic mass is 10.2. The van der Waals surface area contributed by atoms with Crippen LogP contribution in [0.15, 0.2) is 10.8 Å². The Morgan fingerprint density at radius 1 is 1.25 bits per heavy atom. The molecule has 0 spiro atoms. The van der Waals surface area contributed by atoms with Crippen molar-refractivity contribution in [1.82, 2.24) is 15.3 Å². The van der Waals surface area contributed by atoms with Crippen molar-refractivity contribution < 1.29 is 0 Å². The maximum absolute atomic E-state index is 4.68. The van der Waals surface area contributed by atoms with Crippen LogP contribution in [0.25, 0.3) is 11.4 Å². The highest BCUT2D eigenvalue weighted by Crippen LogP contribution is 2.29. The van der Waals surface area contributed by atoms with Gasteiger partial charge in [-0.3, -0.25) is 0 Å². The van der Waals surface area contributed by atoms with E-state index in [4.69, 9.17) is 0 Å². The first-order valence-corrected chi connectivity index (χ1v) is 7.20. The molecule has 0 radical (unpaired) electrons. The molecule has 1 saturated heterocycles. The zero-order valence-corrected chi connectivity index (χ0v) is 10.7. The molecular formula is C11H13N3S2. The fourth-order valence-corrected chi connectivity index (χ4v) is 3.47. The Bertz CT molecular complexity index is 483. The maximum atomic E-state index is 4.68. The van der Waals surface area contributed by atoms with Gasteiger partial charge in [-0.1, -0.05) is 0 Å². The van der Waals surface area contributed by atoms with Crippen molar-refractivity contribution in [3.05, 3.63) is 20.8 Å². The van der Waals surface area contributed by atoms with Crippen molar-refractivity contribution in [2.75, 3.05) is 6.54 Å². The van der Waals surface area contributed by atoms with Crippen LogP contribution in [-0.2, 0) is 0 Å². The lowest BCUT2D eigenvalue weighted by Gasteiger charge is -2.04. The van der Waals surface area contributed by atoms with E-state index in [9.17, 15) is 0 Å². The lowest BCUT2D eigenvalue weighted by Crippen LogP contribution is -2.12. The molecule has 0 aliphatic carbocycles. The average molecular weight is 251 g/mol. The zero-order valence-electron chi connectivity index (χ0n) is 9.06. The second kappa shape index (κ2) is 4.24. The number of hydrogen-bond donors (Lipinski definition) is 1. The summed E-state index contributed by atoms with van der Waals surface area (Å²) in [6, 6.07) is 0.471. The molecule has 3 heterocycles. The molecule has 16 heavy (non-hydrogen) atoms. The van der Waals surface area contributed by atoms with Gasteiger partial charge in [0.1, 0.15) is 16.4 Å². The molecule has 1 atom stereocenters. The number of rotatable bonds is 2. The van der Waals surface area contributed by atoms with Crippen LogP contribution in [0, 0.1) is 6.92 Å². The van der Waals surface area contributed by atoms with Crippen LogP contribution in [0.2, 0.25) is 0 Å². The highest BCUT2D eigenvalue weighted by atomic mass is 32.1. The molecule has 3 rings (SSSR count). The van der Waals surface area contributed by atoms with Gasteiger partial charge in [0.05, 0.1) is 11.0 Å². The normalized spacial score (nSPS) is 20.4. The van der Waals surface area contributed by atoms with Gasteiger partial charge in [-0.05, 0) is 26.3 Å². The first kappa shape index (κ1) is 10.4. The van der Waals surface area contributed by atoms with Crippen LogP contribution in [0.1, 0.15) is 28.9 Å². The summed E-state index contributed by atoms with van der Waals surface area (Å²) >= 11 is 3.42. The van der Waals surface area contributed by atoms with E-state index >= 15 is 0 Å². The van der Waals surface area contributed by atoms with E-state index in [-0.39, 0.29) is 0 Å². The Hall–Kier alpha value is -0.780. The quantitative estimate of drug-likeness (QED) is 0.891. The van der Waals surface area contributed by atoms with Gasteiger partial charge in [0, 0.05) is 10.8 Å². The molecule has 3 nitrogen and oxygen atoms in total. The Morgan fingerprint density at radius 2 is 2.06 bits per heavy atom. The van der Waals surface area contributed by atoms with E-state index in [2.05, 4.69) is 26.0 Å². The highest BCUT2D eigenvalue weighted by molar-refractivity contribution is 7.10. The van der Waals surface area contributed by atoms with Gasteiger partial charge in [-0.15, -0.1) is 22.7 Å². The van der Waals surface area contributed by atoms with Crippen LogP contribution in [-0.4, -0.2) is 16.5 Å². The molecular weight excluding hydrogens is 238 g/mol. The van der Waals surface area contributed by atoms with E-state index < -0.39 is 0 Å². The van der Waals surface area contributed by atoms with Crippen LogP contribution < -0.4 is 5.32 Å². The molecule has 1 N–H and O–H groups in total. The van der Waals surface area contributed by atoms with Crippen LogP contribution in [0.5, 0.6) is 0 Å². The van der Waals surface area contributed by atoms with E-state index in [0.717, 1.165) is 22.9 Å². The smallest absolute Gasteiger partial charge is 0.110 e. The van der Waals surface area contributed by atoms with Crippen LogP contribution in [0.3, 0.4) is 0 Å². The third-order valence-electron chi connectivity index (χ3n) is 2.76. The summed E-state index contributed by atoms with van der Waals surface area (Å²) in [4.78, 5) is 9.14. The first-order chi connectivity index (χ1) is 7.83. The Kier molecular flexibility index (Phi) is 2.75. The number of thiazole rings is 2. The zero-order chi connectivity index (χ0) is 11.0. The van der Waals surface area contributed by atoms with Gasteiger partial charge in [-0.2, -0.15) is 0 Å². The molecule has 1 fully saturated rings. The molecule has 1 unspecified atom stereocenters. The number of hydrogen-bond acceptors (Lipinski definition) is 5. The van der Waals surface area contributed by atoms with Crippen LogP contribution in [0.4, 0.5) is 0 Å². The molecule has 1 aliphatic rings. The highest BCUT2D eigenvalue weighted by Gasteiger charge is 2.19. The summed E-state index contributed by atoms with van der Waals surface area (Å²) in [6.07, 6.45) is 2.47. The number of aromatic nitrogens is 2. The number of aryl methyl sites for hydroxylation is 1. The fraction of sp³-hybridized carbons (Fsp3) is 0.455. The second-order valence-electron chi connectivity index (χ2n) is 3.97. The monoisotopic (exact) mass is 251 g/mol. The summed E-state index contributed by atoms with van der Waals surface area (Å²) in [7, 11) is 0. The molecule has 0 aromatic carbocycles. The molecule has 84 valence electrons. The summed E-state index contributed by atoms with van der Waals surface area (Å²) < 4.78 is 0. The third kappa shape index (κ3) is 1.90. The van der Waals surface area contributed by atoms with Gasteiger partial charge < -0.3 is 5.32 Å². The molecule has 0 saturated carbocycles. The van der Waals surface area contributed by atoms with Gasteiger partial charge in [0.2, 0.25) is 0 Å². The predicted octanol–water partition coefficient (Wildman–Crippen LogP) is 3.00. The molecule has 2 aromatic heterocycles. The lowest BCUT2D eigenvalue weighted by molar-refractivity contribution is 0.643. The van der Waals surface area contributed by atoms with Crippen molar-refractivity contribution in [1.29, 1.82) is 0 Å². The summed E-state index contributed by atoms with van der Waals surface area (Å²) in [6.45, 7) is 3.15. The SMILES string of the molecule is Cc1nc(-c2csc(C3CCCN3)n2)cs1. The minimum atomic E-state index is 0.471. The maximum Gasteiger partial charge on any atom is 0.110 e. The van der Waals surface area contributed by atoms with E-state index in [0.29, 0.717) is 6.04 Å². The Labute approximate surface area is 103 Å². The van der Waals surface area contributed by atoms with Gasteiger partial charge in [0.25, 0.3) is 0 Å². The van der Waals surface area contributed by atoms with Crippen molar-refractivity contribution in [2.24, 2.45) is 0 Å². The van der Waals surface area contributed by atoms with Crippen molar-refractivity contribution in [2.45, 2.75) is 25.8 Å². The van der Waals surface area contributed by atoms with Crippen molar-refractivity contribution in [3.8, 4) is 11.4 Å². The van der Waals surface area contributed by atoms with Gasteiger partial charge in [-0.25, -0.2) is 9.97 Å². The molecule has 2 aromatic rings. The average Bonchev–Trinajstić information content (AvgIpc) is 2.97. The second-order valence-corrected chi connectivity index (χ2v) is 5.92. The van der Waals surface area contributed by atoms with Crippen molar-refractivity contribution in [3.63, 3.8) is 0 Å². The molecule has 0 amide bonds. The first-order valence-electron chi connectivity index (χ1n) is 5.44. The number of nitrogens with zero attached hydrogens (tertiary/aromatic N) is 2. The minimum Gasteiger partial charge on any atom is -0.308 e. The summed E-state index contributed by atoms with van der Waals surface area (Å²) in [5, 5.41) is 9.97. The minimum absolute atomic E-state index is 0.471. The Balaban J connectivity index is 1.87. The topological polar surface area (TPSA) is 37.8 Å². The van der Waals surface area contributed by atoms with E-state index in [1.807, 2.05) is 6.92 Å². The molecule has 5 heteroatoms. The summed E-state index contributed by atoms with van der Waals surface area (Å²) in [5.41, 5.74) is 2.04. The van der Waals surface area contributed by atoms with Crippen LogP contribution >= 0.6 is 22.7 Å². The largest absolute Gasteiger partial charge is 0.308 e. The van der Waals surface area contributed by atoms with E-state index in [1.54, 1.807) is 22.7 Å². The van der Waals surface area contributed by atoms with Gasteiger partial charge in [0.15, 0.2) is 0 Å². The molecule has 0 bridgehead atoms. The third-order valence-corrected chi connectivity index (χ3v) is 4.49. The fourth-order valence-electron chi connectivity index (χ4n) is 1.94. The summed E-state index contributed by atoms with van der Waals surface area (Å²) in [5.74, 6) is 0. The molecule has 1 aliphatic heterocycles. The Morgan fingerprint density at radius 3 is 2.75 bits per heavy atom. The number of nitrogens with one attached hydrogen (secondary N) is 1. The van der Waals surface area contributed by atoms with Gasteiger partial charge >= 0.3 is 0 Å². The van der Waals surface area contributed by atoms with E-state index in [1.165, 1.54) is 17.8 Å².